The molecule has 0 saturated carbocycles. The summed E-state index contributed by atoms with van der Waals surface area (Å²) in [6, 6.07) is 0.0353. The number of nitrogens with zero attached hydrogens (tertiary/aromatic N) is 2. The zero-order valence-corrected chi connectivity index (χ0v) is 10.7. The summed E-state index contributed by atoms with van der Waals surface area (Å²) >= 11 is 5.03. The van der Waals surface area contributed by atoms with Gasteiger partial charge in [-0.2, -0.15) is 0 Å². The average Bonchev–Trinajstić information content (AvgIpc) is 2.94. The van der Waals surface area contributed by atoms with Gasteiger partial charge in [0.2, 0.25) is 5.91 Å². The van der Waals surface area contributed by atoms with Gasteiger partial charge in [-0.1, -0.05) is 0 Å². The number of nitrogens with two attached hydrogens (primary N) is 1. The third-order valence-electron chi connectivity index (χ3n) is 3.52. The first-order valence-electron chi connectivity index (χ1n) is 5.80. The van der Waals surface area contributed by atoms with E-state index in [0.717, 1.165) is 13.0 Å². The molecule has 0 aromatic rings. The van der Waals surface area contributed by atoms with Crippen molar-refractivity contribution in [3.63, 3.8) is 0 Å². The zero-order valence-electron chi connectivity index (χ0n) is 9.83. The van der Waals surface area contributed by atoms with E-state index in [0.29, 0.717) is 18.2 Å². The quantitative estimate of drug-likeness (QED) is 0.328. The smallest absolute Gasteiger partial charge is 0.308 e. The maximum atomic E-state index is 11.8. The summed E-state index contributed by atoms with van der Waals surface area (Å²) in [5.74, 6) is 3.69. The molecule has 0 bridgehead atoms. The zero-order chi connectivity index (χ0) is 13.3. The van der Waals surface area contributed by atoms with E-state index in [4.69, 9.17) is 23.2 Å². The Morgan fingerprint density at radius 1 is 1.50 bits per heavy atom. The summed E-state index contributed by atoms with van der Waals surface area (Å²) in [4.78, 5) is 26.2. The normalized spacial score (nSPS) is 27.7. The van der Waals surface area contributed by atoms with Crippen molar-refractivity contribution >= 4 is 29.2 Å². The van der Waals surface area contributed by atoms with Gasteiger partial charge in [-0.25, -0.2) is 5.84 Å². The summed E-state index contributed by atoms with van der Waals surface area (Å²) in [5, 5.41) is 9.39. The van der Waals surface area contributed by atoms with Gasteiger partial charge in [0.25, 0.3) is 0 Å². The second-order valence-electron chi connectivity index (χ2n) is 4.62. The van der Waals surface area contributed by atoms with Crippen LogP contribution in [0.4, 0.5) is 0 Å². The highest BCUT2D eigenvalue weighted by molar-refractivity contribution is 7.80. The highest BCUT2D eigenvalue weighted by Crippen LogP contribution is 2.25. The summed E-state index contributed by atoms with van der Waals surface area (Å²) in [5.41, 5.74) is 2.42. The predicted molar refractivity (Wildman–Crippen MR) is 67.4 cm³/mol. The highest BCUT2D eigenvalue weighted by Gasteiger charge is 2.40. The Morgan fingerprint density at radius 2 is 2.22 bits per heavy atom. The van der Waals surface area contributed by atoms with Gasteiger partial charge in [-0.3, -0.25) is 9.59 Å². The van der Waals surface area contributed by atoms with Gasteiger partial charge in [0.05, 0.1) is 12.0 Å². The number of rotatable bonds is 2. The summed E-state index contributed by atoms with van der Waals surface area (Å²) in [6.45, 7) is 1.64. The molecule has 8 heteroatoms. The van der Waals surface area contributed by atoms with Crippen molar-refractivity contribution in [1.82, 2.24) is 15.2 Å². The molecular weight excluding hydrogens is 256 g/mol. The van der Waals surface area contributed by atoms with Crippen molar-refractivity contribution in [2.45, 2.75) is 18.9 Å². The molecule has 2 aliphatic rings. The van der Waals surface area contributed by atoms with E-state index in [1.807, 2.05) is 4.90 Å². The molecule has 0 radical (unpaired) electrons. The molecule has 1 amide bonds. The molecular formula is C10H16N4O3S. The summed E-state index contributed by atoms with van der Waals surface area (Å²) in [7, 11) is 0. The molecule has 2 rings (SSSR count). The molecule has 0 spiro atoms. The second-order valence-corrected chi connectivity index (χ2v) is 5.01. The number of carbonyl (C=O) groups is 2. The van der Waals surface area contributed by atoms with Crippen LogP contribution in [0.2, 0.25) is 0 Å². The third kappa shape index (κ3) is 2.39. The van der Waals surface area contributed by atoms with Crippen molar-refractivity contribution in [2.24, 2.45) is 11.8 Å². The number of carboxylic acids is 1. The molecule has 100 valence electrons. The van der Waals surface area contributed by atoms with Crippen molar-refractivity contribution in [3.8, 4) is 0 Å². The van der Waals surface area contributed by atoms with Crippen LogP contribution in [0.3, 0.4) is 0 Å². The number of hydrogen-bond donors (Lipinski definition) is 3. The lowest BCUT2D eigenvalue weighted by Crippen LogP contribution is -2.44. The molecule has 4 N–H and O–H groups in total. The number of carboxylic acid groups (broad SMARTS) is 1. The van der Waals surface area contributed by atoms with Crippen LogP contribution in [0.1, 0.15) is 12.8 Å². The lowest BCUT2D eigenvalue weighted by Gasteiger charge is -2.25. The molecule has 0 aromatic carbocycles. The first kappa shape index (κ1) is 13.0. The number of amides is 1. The standard InChI is InChI=1S/C10H16N4O3S/c11-12-10(18)13-2-1-7(5-13)14-4-6(9(16)17)3-8(14)15/h6-7H,1-5,11H2,(H,12,18)(H,16,17). The third-order valence-corrected chi connectivity index (χ3v) is 3.90. The van der Waals surface area contributed by atoms with E-state index in [1.54, 1.807) is 4.90 Å². The van der Waals surface area contributed by atoms with Gasteiger partial charge < -0.3 is 20.3 Å². The molecule has 2 heterocycles. The van der Waals surface area contributed by atoms with Crippen LogP contribution in [0.25, 0.3) is 0 Å². The monoisotopic (exact) mass is 272 g/mol. The Kier molecular flexibility index (Phi) is 3.67. The first-order valence-corrected chi connectivity index (χ1v) is 6.21. The SMILES string of the molecule is NNC(=S)N1CCC(N2CC(C(=O)O)CC2=O)C1. The lowest BCUT2D eigenvalue weighted by molar-refractivity contribution is -0.141. The number of nitrogens with one attached hydrogen (secondary N) is 1. The van der Waals surface area contributed by atoms with E-state index < -0.39 is 11.9 Å². The van der Waals surface area contributed by atoms with Crippen LogP contribution >= 0.6 is 12.2 Å². The van der Waals surface area contributed by atoms with Gasteiger partial charge in [0, 0.05) is 26.1 Å². The molecule has 2 saturated heterocycles. The molecule has 2 atom stereocenters. The fourth-order valence-electron chi connectivity index (χ4n) is 2.52. The van der Waals surface area contributed by atoms with Crippen LogP contribution in [0, 0.1) is 5.92 Å². The van der Waals surface area contributed by atoms with Crippen LogP contribution in [0.5, 0.6) is 0 Å². The minimum absolute atomic E-state index is 0.0353. The van der Waals surface area contributed by atoms with Crippen molar-refractivity contribution in [2.75, 3.05) is 19.6 Å². The molecule has 0 aliphatic carbocycles. The molecule has 2 aliphatic heterocycles. The van der Waals surface area contributed by atoms with E-state index in [1.165, 1.54) is 0 Å². The minimum Gasteiger partial charge on any atom is -0.481 e. The first-order chi connectivity index (χ1) is 8.52. The predicted octanol–water partition coefficient (Wildman–Crippen LogP) is -1.26. The average molecular weight is 272 g/mol. The number of thiocarbonyl (C=S) groups is 1. The number of likely N-dealkylation sites (tertiary alicyclic amines) is 2. The van der Waals surface area contributed by atoms with Crippen LogP contribution in [0.15, 0.2) is 0 Å². The van der Waals surface area contributed by atoms with Crippen molar-refractivity contribution in [1.29, 1.82) is 0 Å². The largest absolute Gasteiger partial charge is 0.481 e. The van der Waals surface area contributed by atoms with Gasteiger partial charge in [0.15, 0.2) is 5.11 Å². The summed E-state index contributed by atoms with van der Waals surface area (Å²) in [6.07, 6.45) is 0.894. The van der Waals surface area contributed by atoms with Crippen molar-refractivity contribution in [3.05, 3.63) is 0 Å². The van der Waals surface area contributed by atoms with Gasteiger partial charge in [-0.05, 0) is 18.6 Å². The molecule has 2 fully saturated rings. The van der Waals surface area contributed by atoms with E-state index in [2.05, 4.69) is 5.43 Å². The minimum atomic E-state index is -0.903. The number of hydrazine groups is 1. The van der Waals surface area contributed by atoms with E-state index >= 15 is 0 Å². The molecule has 18 heavy (non-hydrogen) atoms. The fourth-order valence-corrected chi connectivity index (χ4v) is 2.69. The van der Waals surface area contributed by atoms with E-state index in [9.17, 15) is 9.59 Å². The Labute approximate surface area is 110 Å². The summed E-state index contributed by atoms with van der Waals surface area (Å²) < 4.78 is 0. The maximum absolute atomic E-state index is 11.8. The van der Waals surface area contributed by atoms with Crippen LogP contribution < -0.4 is 11.3 Å². The fraction of sp³-hybridized carbons (Fsp3) is 0.700. The van der Waals surface area contributed by atoms with Crippen molar-refractivity contribution < 1.29 is 14.7 Å². The maximum Gasteiger partial charge on any atom is 0.308 e. The highest BCUT2D eigenvalue weighted by atomic mass is 32.1. The van der Waals surface area contributed by atoms with Crippen LogP contribution in [-0.4, -0.2) is 57.6 Å². The lowest BCUT2D eigenvalue weighted by atomic mass is 10.1. The molecule has 7 nitrogen and oxygen atoms in total. The molecule has 2 unspecified atom stereocenters. The number of hydrogen-bond acceptors (Lipinski definition) is 4. The van der Waals surface area contributed by atoms with E-state index in [-0.39, 0.29) is 18.4 Å². The van der Waals surface area contributed by atoms with Gasteiger partial charge in [-0.15, -0.1) is 0 Å². The van der Waals surface area contributed by atoms with Gasteiger partial charge >= 0.3 is 5.97 Å². The number of carbonyl (C=O) groups excluding carboxylic acids is 1. The molecule has 0 aromatic heterocycles. The Bertz CT molecular complexity index is 389. The Morgan fingerprint density at radius 3 is 2.78 bits per heavy atom. The Hall–Kier alpha value is -1.41. The van der Waals surface area contributed by atoms with Gasteiger partial charge in [0.1, 0.15) is 0 Å². The topological polar surface area (TPSA) is 98.9 Å². The van der Waals surface area contributed by atoms with Crippen LogP contribution in [-0.2, 0) is 9.59 Å². The Balaban J connectivity index is 1.96. The number of aliphatic carboxylic acids is 1. The second kappa shape index (κ2) is 5.07.